The van der Waals surface area contributed by atoms with Crippen molar-refractivity contribution in [3.05, 3.63) is 102 Å². The van der Waals surface area contributed by atoms with E-state index in [-0.39, 0.29) is 11.8 Å². The van der Waals surface area contributed by atoms with E-state index in [0.29, 0.717) is 39.8 Å². The minimum Gasteiger partial charge on any atom is -0.495 e. The van der Waals surface area contributed by atoms with E-state index in [9.17, 15) is 14.0 Å². The Bertz CT molecular complexity index is 1860. The van der Waals surface area contributed by atoms with Crippen LogP contribution in [0.1, 0.15) is 28.3 Å². The fourth-order valence-electron chi connectivity index (χ4n) is 4.80. The number of nitrogens with zero attached hydrogens (tertiary/aromatic N) is 4. The number of pyridine rings is 1. The first-order valence-electron chi connectivity index (χ1n) is 13.7. The molecule has 1 saturated heterocycles. The van der Waals surface area contributed by atoms with Gasteiger partial charge in [-0.3, -0.25) is 9.59 Å². The van der Waals surface area contributed by atoms with E-state index in [1.54, 1.807) is 46.9 Å². The zero-order valence-corrected chi connectivity index (χ0v) is 23.3. The van der Waals surface area contributed by atoms with Gasteiger partial charge in [0.15, 0.2) is 5.65 Å². The minimum atomic E-state index is -0.844. The highest BCUT2D eigenvalue weighted by atomic mass is 19.1. The number of aromatic nitrogens is 3. The molecule has 9 nitrogen and oxygen atoms in total. The van der Waals surface area contributed by atoms with E-state index in [4.69, 9.17) is 11.2 Å². The van der Waals surface area contributed by atoms with Gasteiger partial charge in [-0.25, -0.2) is 8.91 Å². The highest BCUT2D eigenvalue weighted by molar-refractivity contribution is 5.98. The predicted molar refractivity (Wildman–Crippen MR) is 162 cm³/mol. The first kappa shape index (κ1) is 27.5. The maximum Gasteiger partial charge on any atom is 0.253 e. The number of carbonyl (C=O) groups excluding carboxylic acids is 2. The van der Waals surface area contributed by atoms with E-state index in [1.807, 2.05) is 30.5 Å². The van der Waals surface area contributed by atoms with Gasteiger partial charge in [-0.2, -0.15) is 4.98 Å². The number of halogens is 1. The van der Waals surface area contributed by atoms with Crippen LogP contribution < -0.4 is 15.4 Å². The fraction of sp³-hybridized carbons (Fsp3) is 0.152. The highest BCUT2D eigenvalue weighted by Crippen LogP contribution is 2.30. The number of hydrogen-bond acceptors (Lipinski definition) is 6. The molecule has 0 saturated carbocycles. The van der Waals surface area contributed by atoms with Crippen molar-refractivity contribution >= 4 is 34.8 Å². The Morgan fingerprint density at radius 2 is 1.74 bits per heavy atom. The monoisotopic (exact) mass is 574 g/mol. The van der Waals surface area contributed by atoms with Crippen molar-refractivity contribution in [2.24, 2.45) is 0 Å². The topological polar surface area (TPSA) is 101 Å². The van der Waals surface area contributed by atoms with Gasteiger partial charge >= 0.3 is 0 Å². The number of rotatable bonds is 8. The van der Waals surface area contributed by atoms with E-state index in [2.05, 4.69) is 26.6 Å². The molecule has 1 fully saturated rings. The van der Waals surface area contributed by atoms with Gasteiger partial charge < -0.3 is 20.3 Å². The van der Waals surface area contributed by atoms with E-state index in [0.717, 1.165) is 30.6 Å². The summed E-state index contributed by atoms with van der Waals surface area (Å²) in [4.78, 5) is 31.7. The van der Waals surface area contributed by atoms with Crippen LogP contribution in [0.5, 0.6) is 5.75 Å². The van der Waals surface area contributed by atoms with Crippen LogP contribution in [0, 0.1) is 18.2 Å². The molecular weight excluding hydrogens is 547 g/mol. The number of hydrogen-bond donors (Lipinski definition) is 2. The number of nitrogens with one attached hydrogen (secondary N) is 2. The van der Waals surface area contributed by atoms with Gasteiger partial charge in [-0.1, -0.05) is 30.2 Å². The average molecular weight is 575 g/mol. The maximum atomic E-state index is 13.3. The molecule has 1 unspecified atom stereocenters. The molecule has 6 rings (SSSR count). The largest absolute Gasteiger partial charge is 0.495 e. The summed E-state index contributed by atoms with van der Waals surface area (Å²) in [6.45, 7) is 1.56. The Balaban J connectivity index is 1.15. The van der Waals surface area contributed by atoms with Crippen LogP contribution in [0.25, 0.3) is 16.8 Å². The van der Waals surface area contributed by atoms with Gasteiger partial charge in [0.05, 0.1) is 12.8 Å². The number of terminal acetylenes is 1. The maximum absolute atomic E-state index is 13.3. The fourth-order valence-corrected chi connectivity index (χ4v) is 4.80. The molecule has 2 amide bonds. The summed E-state index contributed by atoms with van der Waals surface area (Å²) in [6, 6.07) is 22.0. The van der Waals surface area contributed by atoms with Crippen molar-refractivity contribution in [2.75, 3.05) is 30.8 Å². The third kappa shape index (κ3) is 5.74. The summed E-state index contributed by atoms with van der Waals surface area (Å²) in [5, 5.41) is 10.6. The van der Waals surface area contributed by atoms with Crippen molar-refractivity contribution in [2.45, 2.75) is 12.3 Å². The van der Waals surface area contributed by atoms with E-state index in [1.165, 1.54) is 24.3 Å². The number of amides is 2. The molecule has 2 N–H and O–H groups in total. The number of ether oxygens (including phenoxy) is 1. The normalized spacial score (nSPS) is 13.1. The first-order valence-corrected chi connectivity index (χ1v) is 13.7. The molecule has 2 aromatic heterocycles. The van der Waals surface area contributed by atoms with E-state index >= 15 is 0 Å². The lowest BCUT2D eigenvalue weighted by atomic mass is 9.99. The summed E-state index contributed by atoms with van der Waals surface area (Å²) < 4.78 is 20.5. The smallest absolute Gasteiger partial charge is 0.253 e. The van der Waals surface area contributed by atoms with E-state index < -0.39 is 11.7 Å². The van der Waals surface area contributed by atoms with Crippen LogP contribution in [-0.2, 0) is 4.79 Å². The molecule has 5 aromatic rings. The van der Waals surface area contributed by atoms with Crippen LogP contribution in [0.4, 0.5) is 21.7 Å². The SMILES string of the molecule is C#CC(C(=O)Nc1ccc(-c2ccc3nc(Nc4ccc(C(=O)N5CCC5)cc4OC)nn3c2)cc1)c1ccc(F)cc1. The zero-order valence-electron chi connectivity index (χ0n) is 23.3. The lowest BCUT2D eigenvalue weighted by Gasteiger charge is -2.31. The zero-order chi connectivity index (χ0) is 29.9. The molecule has 3 aromatic carbocycles. The second-order valence-electron chi connectivity index (χ2n) is 10.1. The molecule has 0 spiro atoms. The summed E-state index contributed by atoms with van der Waals surface area (Å²) >= 11 is 0. The summed E-state index contributed by atoms with van der Waals surface area (Å²) in [5.74, 6) is 1.74. The predicted octanol–water partition coefficient (Wildman–Crippen LogP) is 5.49. The van der Waals surface area contributed by atoms with Gasteiger partial charge in [0.1, 0.15) is 17.5 Å². The lowest BCUT2D eigenvalue weighted by molar-refractivity contribution is -0.116. The molecule has 43 heavy (non-hydrogen) atoms. The van der Waals surface area contributed by atoms with Crippen molar-refractivity contribution < 1.29 is 18.7 Å². The Hall–Kier alpha value is -5.69. The van der Waals surface area contributed by atoms with Crippen LogP contribution in [0.3, 0.4) is 0 Å². The molecule has 3 heterocycles. The molecule has 10 heteroatoms. The Morgan fingerprint density at radius 1 is 1.00 bits per heavy atom. The molecule has 0 aliphatic carbocycles. The number of fused-ring (bicyclic) bond motifs is 1. The molecule has 1 atom stereocenters. The lowest BCUT2D eigenvalue weighted by Crippen LogP contribution is -2.42. The second kappa shape index (κ2) is 11.7. The molecule has 214 valence electrons. The molecule has 0 bridgehead atoms. The number of methoxy groups -OCH3 is 1. The molecule has 1 aliphatic heterocycles. The van der Waals surface area contributed by atoms with Crippen molar-refractivity contribution in [1.82, 2.24) is 19.5 Å². The number of anilines is 3. The summed E-state index contributed by atoms with van der Waals surface area (Å²) in [7, 11) is 1.55. The summed E-state index contributed by atoms with van der Waals surface area (Å²) in [5.41, 5.74) is 4.77. The number of likely N-dealkylation sites (tertiary alicyclic amines) is 1. The first-order chi connectivity index (χ1) is 20.9. The van der Waals surface area contributed by atoms with Crippen LogP contribution in [0.2, 0.25) is 0 Å². The van der Waals surface area contributed by atoms with Crippen molar-refractivity contribution in [1.29, 1.82) is 0 Å². The Kier molecular flexibility index (Phi) is 7.45. The second-order valence-corrected chi connectivity index (χ2v) is 10.1. The van der Waals surface area contributed by atoms with Crippen LogP contribution >= 0.6 is 0 Å². The number of carbonyl (C=O) groups is 2. The molecule has 0 radical (unpaired) electrons. The van der Waals surface area contributed by atoms with Gasteiger partial charge in [-0.15, -0.1) is 11.5 Å². The standard InChI is InChI=1S/C33H27FN6O3/c1-3-27(22-5-11-25(34)12-6-22)31(41)35-26-13-7-21(8-14-26)24-10-16-30-37-33(38-40(30)20-24)36-28-15-9-23(19-29(28)43-2)32(42)39-17-4-18-39/h1,5-16,19-20,27H,4,17-18H2,2H3,(H,35,41)(H,36,38). The van der Waals surface area contributed by atoms with Crippen LogP contribution in [0.15, 0.2) is 85.1 Å². The van der Waals surface area contributed by atoms with Gasteiger partial charge in [0.25, 0.3) is 5.91 Å². The Labute approximate surface area is 247 Å². The third-order valence-corrected chi connectivity index (χ3v) is 7.29. The minimum absolute atomic E-state index is 0.00772. The van der Waals surface area contributed by atoms with Crippen LogP contribution in [-0.4, -0.2) is 51.5 Å². The highest BCUT2D eigenvalue weighted by Gasteiger charge is 2.23. The molecular formula is C33H27FN6O3. The van der Waals surface area contributed by atoms with Gasteiger partial charge in [0.2, 0.25) is 11.9 Å². The third-order valence-electron chi connectivity index (χ3n) is 7.29. The quantitative estimate of drug-likeness (QED) is 0.238. The van der Waals surface area contributed by atoms with Crippen molar-refractivity contribution in [3.63, 3.8) is 0 Å². The number of benzene rings is 3. The average Bonchev–Trinajstić information content (AvgIpc) is 3.40. The van der Waals surface area contributed by atoms with Crippen molar-refractivity contribution in [3.8, 4) is 29.2 Å². The summed E-state index contributed by atoms with van der Waals surface area (Å²) in [6.07, 6.45) is 8.48. The Morgan fingerprint density at radius 3 is 2.42 bits per heavy atom. The molecule has 1 aliphatic rings. The van der Waals surface area contributed by atoms with Gasteiger partial charge in [0, 0.05) is 36.1 Å². The van der Waals surface area contributed by atoms with Gasteiger partial charge in [-0.05, 0) is 72.1 Å².